The second kappa shape index (κ2) is 29.9. The molecule has 7 aromatic rings. The molecule has 0 spiro atoms. The molecule has 2 aliphatic rings. The Bertz CT molecular complexity index is 2750. The molecule has 2 heterocycles. The maximum atomic E-state index is 13.9. The Morgan fingerprint density at radius 2 is 0.782 bits per heavy atom. The van der Waals surface area contributed by atoms with Crippen molar-refractivity contribution in [2.45, 2.75) is 108 Å². The van der Waals surface area contributed by atoms with Crippen LogP contribution in [0.15, 0.2) is 212 Å². The fourth-order valence-corrected chi connectivity index (χ4v) is 9.32. The van der Waals surface area contributed by atoms with Crippen molar-refractivity contribution in [3.8, 4) is 0 Å². The summed E-state index contributed by atoms with van der Waals surface area (Å²) >= 11 is 0. The van der Waals surface area contributed by atoms with E-state index in [9.17, 15) is 15.0 Å². The Kier molecular flexibility index (Phi) is 21.5. The summed E-state index contributed by atoms with van der Waals surface area (Å²) in [6.07, 6.45) is -12.0. The van der Waals surface area contributed by atoms with E-state index in [1.54, 1.807) is 4.90 Å². The molecular weight excluding hydrogens is 991 g/mol. The van der Waals surface area contributed by atoms with Gasteiger partial charge in [-0.15, -0.1) is 0 Å². The maximum Gasteiger partial charge on any atom is 0.410 e. The molecule has 0 radical (unpaired) electrons. The van der Waals surface area contributed by atoms with Crippen LogP contribution >= 0.6 is 0 Å². The van der Waals surface area contributed by atoms with Crippen LogP contribution in [0.25, 0.3) is 0 Å². The molecule has 1 amide bonds. The molecular formula is C64H69NO13. The van der Waals surface area contributed by atoms with Crippen molar-refractivity contribution in [3.05, 3.63) is 251 Å². The molecule has 0 bridgehead atoms. The van der Waals surface area contributed by atoms with Crippen molar-refractivity contribution in [2.24, 2.45) is 0 Å². The van der Waals surface area contributed by atoms with Crippen LogP contribution in [0.1, 0.15) is 38.9 Å². The number of carbonyl (C=O) groups is 1. The molecule has 2 fully saturated rings. The van der Waals surface area contributed by atoms with Gasteiger partial charge >= 0.3 is 6.09 Å². The molecule has 9 rings (SSSR count). The lowest BCUT2D eigenvalue weighted by molar-refractivity contribution is -0.373. The minimum atomic E-state index is -1.47. The number of carbonyl (C=O) groups excluding carboxylic acids is 1. The zero-order valence-corrected chi connectivity index (χ0v) is 43.6. The minimum Gasteiger partial charge on any atom is -0.445 e. The van der Waals surface area contributed by atoms with Crippen molar-refractivity contribution in [1.82, 2.24) is 4.90 Å². The predicted octanol–water partition coefficient (Wildman–Crippen LogP) is 9.59. The summed E-state index contributed by atoms with van der Waals surface area (Å²) in [4.78, 5) is 15.5. The molecule has 14 heteroatoms. The molecule has 14 nitrogen and oxygen atoms in total. The molecule has 2 aliphatic heterocycles. The predicted molar refractivity (Wildman–Crippen MR) is 291 cm³/mol. The lowest BCUT2D eigenvalue weighted by atomic mass is 9.96. The summed E-state index contributed by atoms with van der Waals surface area (Å²) in [5.74, 6) is 0. The number of ether oxygens (including phenoxy) is 10. The fourth-order valence-electron chi connectivity index (χ4n) is 9.32. The van der Waals surface area contributed by atoms with E-state index in [-0.39, 0.29) is 72.6 Å². The summed E-state index contributed by atoms with van der Waals surface area (Å²) in [6.45, 7) is 1.25. The highest BCUT2D eigenvalue weighted by molar-refractivity contribution is 5.67. The third-order valence-electron chi connectivity index (χ3n) is 13.5. The number of benzene rings is 7. The van der Waals surface area contributed by atoms with Gasteiger partial charge in [-0.2, -0.15) is 0 Å². The SMILES string of the molecule is O=C(OCc1ccccc1)N(CCO[C@@H]1O[C@H](COCc2ccccc2)[C@@H](O[C@@H]2O[C@H](COCc3ccccc3)[C@H](O)[C@H](O)[C@H]2OCc2ccccc2)[C@H](OCc2ccccc2)[C@H]1OCc1ccccc1)Cc1ccccc1. The van der Waals surface area contributed by atoms with E-state index in [2.05, 4.69) is 0 Å². The van der Waals surface area contributed by atoms with E-state index in [0.717, 1.165) is 38.9 Å². The number of hydrogen-bond donors (Lipinski definition) is 2. The summed E-state index contributed by atoms with van der Waals surface area (Å²) in [7, 11) is 0. The van der Waals surface area contributed by atoms with Crippen molar-refractivity contribution < 1.29 is 62.4 Å². The normalized spacial score (nSPS) is 23.1. The molecule has 78 heavy (non-hydrogen) atoms. The Morgan fingerprint density at radius 3 is 1.26 bits per heavy atom. The quantitative estimate of drug-likeness (QED) is 0.0503. The summed E-state index contributed by atoms with van der Waals surface area (Å²) in [5, 5.41) is 23.8. The van der Waals surface area contributed by atoms with Gasteiger partial charge in [0.15, 0.2) is 12.6 Å². The fraction of sp³-hybridized carbons (Fsp3) is 0.328. The van der Waals surface area contributed by atoms with Crippen LogP contribution in [-0.2, 0) is 93.6 Å². The highest BCUT2D eigenvalue weighted by Gasteiger charge is 2.53. The van der Waals surface area contributed by atoms with Crippen LogP contribution in [0.4, 0.5) is 4.79 Å². The molecule has 0 aliphatic carbocycles. The first kappa shape index (κ1) is 56.1. The van der Waals surface area contributed by atoms with Gasteiger partial charge in [-0.3, -0.25) is 0 Å². The first-order valence-electron chi connectivity index (χ1n) is 26.6. The highest BCUT2D eigenvalue weighted by Crippen LogP contribution is 2.35. The lowest BCUT2D eigenvalue weighted by Gasteiger charge is -2.49. The van der Waals surface area contributed by atoms with Crippen LogP contribution in [-0.4, -0.2) is 109 Å². The number of amides is 1. The van der Waals surface area contributed by atoms with Gasteiger partial charge in [0.25, 0.3) is 0 Å². The van der Waals surface area contributed by atoms with Crippen molar-refractivity contribution in [1.29, 1.82) is 0 Å². The standard InChI is InChI=1S/C64H69NO13/c66-56-54(45-69-39-48-24-10-2-11-25-48)76-63(59(57(56)67)72-41-50-28-14-4-15-29-50)78-58-55(46-70-40-49-26-12-3-13-27-49)77-62(61(74-43-52-32-18-6-19-33-52)60(58)73-42-51-30-16-5-17-31-51)71-37-36-65(38-47-22-8-1-9-23-47)64(68)75-44-53-34-20-7-21-35-53/h1-35,54-63,66-67H,36-46H2/t54-,55-,56+,57+,58-,59-,60+,61-,62-,63+/m1/s1. The Balaban J connectivity index is 1.04. The smallest absolute Gasteiger partial charge is 0.410 e. The topological polar surface area (TPSA) is 153 Å². The molecule has 0 unspecified atom stereocenters. The Labute approximate surface area is 456 Å². The van der Waals surface area contributed by atoms with Crippen LogP contribution in [0.3, 0.4) is 0 Å². The van der Waals surface area contributed by atoms with Gasteiger partial charge in [-0.25, -0.2) is 4.79 Å². The van der Waals surface area contributed by atoms with E-state index < -0.39 is 67.5 Å². The Hall–Kier alpha value is -6.63. The van der Waals surface area contributed by atoms with Crippen LogP contribution < -0.4 is 0 Å². The lowest BCUT2D eigenvalue weighted by Crippen LogP contribution is -2.66. The van der Waals surface area contributed by atoms with Gasteiger partial charge in [-0.05, 0) is 38.9 Å². The molecule has 2 saturated heterocycles. The first-order valence-corrected chi connectivity index (χ1v) is 26.6. The van der Waals surface area contributed by atoms with E-state index in [1.807, 2.05) is 212 Å². The zero-order valence-electron chi connectivity index (χ0n) is 43.6. The third kappa shape index (κ3) is 16.7. The summed E-state index contributed by atoms with van der Waals surface area (Å²) in [6, 6.07) is 67.7. The molecule has 10 atom stereocenters. The first-order chi connectivity index (χ1) is 38.4. The second-order valence-corrected chi connectivity index (χ2v) is 19.3. The molecule has 0 saturated carbocycles. The summed E-state index contributed by atoms with van der Waals surface area (Å²) < 4.78 is 66.6. The van der Waals surface area contributed by atoms with Gasteiger partial charge in [0.1, 0.15) is 55.4 Å². The van der Waals surface area contributed by atoms with Crippen LogP contribution in [0.5, 0.6) is 0 Å². The minimum absolute atomic E-state index is 0.00747. The average Bonchev–Trinajstić information content (AvgIpc) is 3.49. The van der Waals surface area contributed by atoms with Crippen LogP contribution in [0, 0.1) is 0 Å². The highest BCUT2D eigenvalue weighted by atomic mass is 16.8. The van der Waals surface area contributed by atoms with E-state index in [1.165, 1.54) is 0 Å². The Morgan fingerprint density at radius 1 is 0.397 bits per heavy atom. The molecule has 2 N–H and O–H groups in total. The number of aliphatic hydroxyl groups excluding tert-OH is 2. The van der Waals surface area contributed by atoms with E-state index in [4.69, 9.17) is 47.4 Å². The third-order valence-corrected chi connectivity index (χ3v) is 13.5. The van der Waals surface area contributed by atoms with Crippen molar-refractivity contribution >= 4 is 6.09 Å². The largest absolute Gasteiger partial charge is 0.445 e. The van der Waals surface area contributed by atoms with Crippen molar-refractivity contribution in [3.63, 3.8) is 0 Å². The molecule has 408 valence electrons. The van der Waals surface area contributed by atoms with Gasteiger partial charge < -0.3 is 62.5 Å². The number of rotatable bonds is 27. The maximum absolute atomic E-state index is 13.9. The number of hydrogen-bond acceptors (Lipinski definition) is 13. The van der Waals surface area contributed by atoms with Gasteiger partial charge in [0.2, 0.25) is 0 Å². The van der Waals surface area contributed by atoms with E-state index >= 15 is 0 Å². The molecule has 0 aromatic heterocycles. The number of nitrogens with zero attached hydrogens (tertiary/aromatic N) is 1. The van der Waals surface area contributed by atoms with Gasteiger partial charge in [0, 0.05) is 13.1 Å². The van der Waals surface area contributed by atoms with Crippen LogP contribution in [0.2, 0.25) is 0 Å². The summed E-state index contributed by atoms with van der Waals surface area (Å²) in [5.41, 5.74) is 6.26. The second-order valence-electron chi connectivity index (χ2n) is 19.3. The molecule has 7 aromatic carbocycles. The average molecular weight is 1060 g/mol. The van der Waals surface area contributed by atoms with E-state index in [0.29, 0.717) is 0 Å². The van der Waals surface area contributed by atoms with Gasteiger partial charge in [-0.1, -0.05) is 212 Å². The number of aliphatic hydroxyl groups is 2. The monoisotopic (exact) mass is 1060 g/mol. The van der Waals surface area contributed by atoms with Crippen molar-refractivity contribution in [2.75, 3.05) is 26.4 Å². The zero-order chi connectivity index (χ0) is 53.6. The van der Waals surface area contributed by atoms with Gasteiger partial charge in [0.05, 0.1) is 52.9 Å².